The van der Waals surface area contributed by atoms with E-state index in [1.54, 1.807) is 14.2 Å². The second kappa shape index (κ2) is 9.92. The first kappa shape index (κ1) is 12.8. The quantitative estimate of drug-likeness (QED) is 0.502. The molecule has 0 aromatic rings. The van der Waals surface area contributed by atoms with Crippen molar-refractivity contribution in [2.24, 2.45) is 5.73 Å². The zero-order valence-electron chi connectivity index (χ0n) is 8.71. The molecule has 4 heteroatoms. The van der Waals surface area contributed by atoms with Crippen LogP contribution in [-0.4, -0.2) is 46.6 Å². The van der Waals surface area contributed by atoms with Gasteiger partial charge in [-0.3, -0.25) is 0 Å². The zero-order chi connectivity index (χ0) is 9.94. The molecule has 3 N–H and O–H groups in total. The summed E-state index contributed by atoms with van der Waals surface area (Å²) in [5.74, 6) is 0. The Morgan fingerprint density at radius 2 is 2.08 bits per heavy atom. The molecule has 0 amide bonds. The first-order valence-corrected chi connectivity index (χ1v) is 4.76. The van der Waals surface area contributed by atoms with Crippen LogP contribution in [0.15, 0.2) is 0 Å². The number of nitrogens with two attached hydrogens (primary N) is 1. The highest BCUT2D eigenvalue weighted by atomic mass is 16.5. The first-order valence-electron chi connectivity index (χ1n) is 4.76. The van der Waals surface area contributed by atoms with Gasteiger partial charge in [-0.2, -0.15) is 0 Å². The molecule has 0 bridgehead atoms. The van der Waals surface area contributed by atoms with Gasteiger partial charge in [-0.25, -0.2) is 0 Å². The van der Waals surface area contributed by atoms with Crippen LogP contribution >= 0.6 is 0 Å². The van der Waals surface area contributed by atoms with Crippen molar-refractivity contribution in [3.05, 3.63) is 0 Å². The molecule has 0 aromatic heterocycles. The SMILES string of the molecule is COCCNC(CCCN)COC. The van der Waals surface area contributed by atoms with Crippen LogP contribution in [0.3, 0.4) is 0 Å². The smallest absolute Gasteiger partial charge is 0.0615 e. The van der Waals surface area contributed by atoms with Gasteiger partial charge in [0.15, 0.2) is 0 Å². The van der Waals surface area contributed by atoms with Crippen molar-refractivity contribution < 1.29 is 9.47 Å². The summed E-state index contributed by atoms with van der Waals surface area (Å²) in [6.07, 6.45) is 2.10. The summed E-state index contributed by atoms with van der Waals surface area (Å²) >= 11 is 0. The average molecular weight is 190 g/mol. The standard InChI is InChI=1S/C9H22N2O2/c1-12-7-6-11-9(8-13-2)4-3-5-10/h9,11H,3-8,10H2,1-2H3. The van der Waals surface area contributed by atoms with Gasteiger partial charge in [0, 0.05) is 26.8 Å². The largest absolute Gasteiger partial charge is 0.383 e. The number of hydrogen-bond acceptors (Lipinski definition) is 4. The Morgan fingerprint density at radius 1 is 1.31 bits per heavy atom. The molecular weight excluding hydrogens is 168 g/mol. The fourth-order valence-electron chi connectivity index (χ4n) is 1.17. The van der Waals surface area contributed by atoms with Gasteiger partial charge in [0.05, 0.1) is 13.2 Å². The van der Waals surface area contributed by atoms with E-state index in [0.717, 1.165) is 39.1 Å². The highest BCUT2D eigenvalue weighted by Crippen LogP contribution is 1.96. The Labute approximate surface area is 80.8 Å². The molecule has 0 heterocycles. The lowest BCUT2D eigenvalue weighted by Gasteiger charge is -2.17. The van der Waals surface area contributed by atoms with E-state index in [9.17, 15) is 0 Å². The lowest BCUT2D eigenvalue weighted by molar-refractivity contribution is 0.149. The van der Waals surface area contributed by atoms with Crippen LogP contribution in [0.2, 0.25) is 0 Å². The lowest BCUT2D eigenvalue weighted by atomic mass is 10.1. The van der Waals surface area contributed by atoms with Crippen LogP contribution in [0.1, 0.15) is 12.8 Å². The number of rotatable bonds is 9. The average Bonchev–Trinajstić information content (AvgIpc) is 2.14. The van der Waals surface area contributed by atoms with Crippen LogP contribution in [0.25, 0.3) is 0 Å². The summed E-state index contributed by atoms with van der Waals surface area (Å²) in [7, 11) is 3.42. The fourth-order valence-corrected chi connectivity index (χ4v) is 1.17. The summed E-state index contributed by atoms with van der Waals surface area (Å²) in [5, 5.41) is 3.35. The number of hydrogen-bond donors (Lipinski definition) is 2. The molecule has 0 fully saturated rings. The van der Waals surface area contributed by atoms with E-state index in [1.807, 2.05) is 0 Å². The highest BCUT2D eigenvalue weighted by molar-refractivity contribution is 4.65. The molecule has 80 valence electrons. The minimum absolute atomic E-state index is 0.406. The maximum absolute atomic E-state index is 5.43. The zero-order valence-corrected chi connectivity index (χ0v) is 8.71. The Bertz CT molecular complexity index is 102. The number of methoxy groups -OCH3 is 2. The number of ether oxygens (including phenoxy) is 2. The van der Waals surface area contributed by atoms with Crippen molar-refractivity contribution in [2.75, 3.05) is 40.5 Å². The molecule has 0 rings (SSSR count). The molecule has 4 nitrogen and oxygen atoms in total. The molecule has 0 aliphatic carbocycles. The third-order valence-electron chi connectivity index (χ3n) is 1.86. The van der Waals surface area contributed by atoms with Crippen molar-refractivity contribution in [3.8, 4) is 0 Å². The molecule has 0 aromatic carbocycles. The van der Waals surface area contributed by atoms with E-state index in [0.29, 0.717) is 6.04 Å². The Hall–Kier alpha value is -0.160. The second-order valence-corrected chi connectivity index (χ2v) is 3.03. The summed E-state index contributed by atoms with van der Waals surface area (Å²) in [6, 6.07) is 0.406. The fraction of sp³-hybridized carbons (Fsp3) is 1.00. The topological polar surface area (TPSA) is 56.5 Å². The van der Waals surface area contributed by atoms with E-state index in [-0.39, 0.29) is 0 Å². The van der Waals surface area contributed by atoms with Gasteiger partial charge in [-0.1, -0.05) is 0 Å². The lowest BCUT2D eigenvalue weighted by Crippen LogP contribution is -2.35. The van der Waals surface area contributed by atoms with Gasteiger partial charge in [0.25, 0.3) is 0 Å². The van der Waals surface area contributed by atoms with E-state index < -0.39 is 0 Å². The van der Waals surface area contributed by atoms with Gasteiger partial charge in [0.1, 0.15) is 0 Å². The van der Waals surface area contributed by atoms with Crippen LogP contribution in [0.5, 0.6) is 0 Å². The molecule has 0 aliphatic rings. The molecule has 0 radical (unpaired) electrons. The van der Waals surface area contributed by atoms with Crippen LogP contribution < -0.4 is 11.1 Å². The third kappa shape index (κ3) is 8.18. The molecule has 1 unspecified atom stereocenters. The monoisotopic (exact) mass is 190 g/mol. The van der Waals surface area contributed by atoms with Gasteiger partial charge in [-0.15, -0.1) is 0 Å². The van der Waals surface area contributed by atoms with Crippen molar-refractivity contribution in [3.63, 3.8) is 0 Å². The molecular formula is C9H22N2O2. The summed E-state index contributed by atoms with van der Waals surface area (Å²) in [5.41, 5.74) is 5.43. The molecule has 13 heavy (non-hydrogen) atoms. The van der Waals surface area contributed by atoms with Crippen molar-refractivity contribution in [1.29, 1.82) is 0 Å². The molecule has 0 saturated heterocycles. The summed E-state index contributed by atoms with van der Waals surface area (Å²) in [6.45, 7) is 3.09. The van der Waals surface area contributed by atoms with Crippen molar-refractivity contribution in [1.82, 2.24) is 5.32 Å². The van der Waals surface area contributed by atoms with Crippen LogP contribution in [0, 0.1) is 0 Å². The molecule has 0 spiro atoms. The molecule has 0 saturated carbocycles. The Morgan fingerprint density at radius 3 is 2.62 bits per heavy atom. The van der Waals surface area contributed by atoms with Gasteiger partial charge in [-0.05, 0) is 19.4 Å². The number of nitrogens with one attached hydrogen (secondary N) is 1. The van der Waals surface area contributed by atoms with Gasteiger partial charge < -0.3 is 20.5 Å². The van der Waals surface area contributed by atoms with Gasteiger partial charge in [0.2, 0.25) is 0 Å². The third-order valence-corrected chi connectivity index (χ3v) is 1.86. The normalized spacial score (nSPS) is 13.2. The van der Waals surface area contributed by atoms with Gasteiger partial charge >= 0.3 is 0 Å². The van der Waals surface area contributed by atoms with E-state index in [4.69, 9.17) is 15.2 Å². The minimum atomic E-state index is 0.406. The molecule has 0 aliphatic heterocycles. The first-order chi connectivity index (χ1) is 6.35. The summed E-state index contributed by atoms with van der Waals surface area (Å²) in [4.78, 5) is 0. The van der Waals surface area contributed by atoms with Crippen LogP contribution in [-0.2, 0) is 9.47 Å². The second-order valence-electron chi connectivity index (χ2n) is 3.03. The minimum Gasteiger partial charge on any atom is -0.383 e. The predicted molar refractivity (Wildman–Crippen MR) is 53.8 cm³/mol. The maximum atomic E-state index is 5.43. The predicted octanol–water partition coefficient (Wildman–Crippen LogP) is -0.0237. The summed E-state index contributed by atoms with van der Waals surface area (Å²) < 4.78 is 10.0. The van der Waals surface area contributed by atoms with E-state index in [2.05, 4.69) is 5.32 Å². The Balaban J connectivity index is 3.41. The van der Waals surface area contributed by atoms with Crippen molar-refractivity contribution in [2.45, 2.75) is 18.9 Å². The Kier molecular flexibility index (Phi) is 9.80. The van der Waals surface area contributed by atoms with E-state index in [1.165, 1.54) is 0 Å². The molecule has 1 atom stereocenters. The van der Waals surface area contributed by atoms with Crippen LogP contribution in [0.4, 0.5) is 0 Å². The van der Waals surface area contributed by atoms with E-state index >= 15 is 0 Å². The maximum Gasteiger partial charge on any atom is 0.0615 e. The highest BCUT2D eigenvalue weighted by Gasteiger charge is 2.05. The van der Waals surface area contributed by atoms with Crippen molar-refractivity contribution >= 4 is 0 Å².